The second-order valence-corrected chi connectivity index (χ2v) is 12.5. The van der Waals surface area contributed by atoms with Crippen LogP contribution in [0.2, 0.25) is 0 Å². The van der Waals surface area contributed by atoms with Crippen molar-refractivity contribution >= 4 is 78.2 Å². The Labute approximate surface area is 344 Å². The van der Waals surface area contributed by atoms with Crippen molar-refractivity contribution in [1.82, 2.24) is 40.9 Å². The van der Waals surface area contributed by atoms with Gasteiger partial charge in [0.1, 0.15) is 30.2 Å². The molecule has 0 aliphatic carbocycles. The third-order valence-electron chi connectivity index (χ3n) is 7.57. The molecule has 17 nitrogen and oxygen atoms in total. The van der Waals surface area contributed by atoms with Crippen LogP contribution in [0.3, 0.4) is 0 Å². The monoisotopic (exact) mass is 853 g/mol. The van der Waals surface area contributed by atoms with Gasteiger partial charge in [-0.05, 0) is 39.2 Å². The molecule has 6 atom stereocenters. The van der Waals surface area contributed by atoms with E-state index in [1.54, 1.807) is 37.3 Å². The Balaban J connectivity index is 0.00000885. The van der Waals surface area contributed by atoms with Gasteiger partial charge in [-0.25, -0.2) is 4.72 Å². The van der Waals surface area contributed by atoms with Crippen LogP contribution in [-0.2, 0) is 82.3 Å². The zero-order chi connectivity index (χ0) is 39.4. The maximum Gasteiger partial charge on any atom is 0.246 e. The maximum absolute atomic E-state index is 13.9. The molecular weight excluding hydrogens is 805 g/mol. The molecule has 7 N–H and O–H groups in total. The molecule has 53 heavy (non-hydrogen) atoms. The van der Waals surface area contributed by atoms with Gasteiger partial charge in [-0.15, -0.1) is 0 Å². The van der Waals surface area contributed by atoms with Crippen LogP contribution in [-0.4, -0.2) is 113 Å². The Hall–Kier alpha value is -3.39. The first-order valence-electron chi connectivity index (χ1n) is 16.4. The second kappa shape index (κ2) is 26.4. The third-order valence-corrected chi connectivity index (χ3v) is 8.53. The molecule has 0 bridgehead atoms. The van der Waals surface area contributed by atoms with E-state index in [1.807, 2.05) is 0 Å². The van der Waals surface area contributed by atoms with Crippen molar-refractivity contribution in [3.63, 3.8) is 0 Å². The summed E-state index contributed by atoms with van der Waals surface area (Å²) in [6, 6.07) is 2.67. The normalized spacial score (nSPS) is 15.9. The van der Waals surface area contributed by atoms with Gasteiger partial charge in [-0.3, -0.25) is 38.4 Å². The van der Waals surface area contributed by atoms with Gasteiger partial charge in [0, 0.05) is 70.5 Å². The van der Waals surface area contributed by atoms with Crippen LogP contribution < -0.4 is 36.0 Å². The van der Waals surface area contributed by atoms with E-state index in [9.17, 15) is 43.2 Å². The second-order valence-electron chi connectivity index (χ2n) is 11.5. The predicted octanol–water partition coefficient (Wildman–Crippen LogP) is -1.56. The number of nitrogens with one attached hydrogen (secondary N) is 7. The molecule has 1 aromatic carbocycles. The Morgan fingerprint density at radius 3 is 2.04 bits per heavy atom. The van der Waals surface area contributed by atoms with E-state index in [0.29, 0.717) is 12.8 Å². The standard InChI is InChI=1S/C31H43N8O9S2.C2H5.Y/c1-17(26(43)20(4)41)34-27(44)18(2)35-28(45)19(3)36-30(47)24-11-8-12-39(24)31(48)22(13-21-9-6-5-7-10-21)37-25(42)14-32-29(46)23(15-49)38-50-33-16-40;1-2;/h5-7,9-10,17-19,22-24,38,49H,8,11-15H2,1-4H3,(H,32,46)(H,33,40)(H,34,44)(H,35,45)(H,36,47)(H,37,42);1H2,2H3;/q2*-1;/t17-,18-,19-,22?,23-,24-;;/m0../s1. The zero-order valence-electron chi connectivity index (χ0n) is 30.4. The van der Waals surface area contributed by atoms with Gasteiger partial charge < -0.3 is 47.9 Å². The van der Waals surface area contributed by atoms with E-state index >= 15 is 0 Å². The number of likely N-dealkylation sites (tertiary alicyclic amines) is 1. The fraction of sp³-hybridized carbons (Fsp3) is 0.515. The number of carbonyl (C=O) groups is 8. The molecule has 0 saturated carbocycles. The van der Waals surface area contributed by atoms with Crippen LogP contribution in [0.4, 0.5) is 0 Å². The van der Waals surface area contributed by atoms with E-state index in [0.717, 1.165) is 24.6 Å². The predicted molar refractivity (Wildman–Crippen MR) is 197 cm³/mol. The Kier molecular flexibility index (Phi) is 24.7. The minimum absolute atomic E-state index is 0. The minimum Gasteiger partial charge on any atom is -0.519 e. The van der Waals surface area contributed by atoms with Crippen molar-refractivity contribution in [2.45, 2.75) is 90.1 Å². The fourth-order valence-electron chi connectivity index (χ4n) is 4.87. The van der Waals surface area contributed by atoms with Crippen molar-refractivity contribution in [2.24, 2.45) is 0 Å². The molecule has 1 unspecified atom stereocenters. The molecular formula is C33H48N8O9S2Y-2. The van der Waals surface area contributed by atoms with Crippen molar-refractivity contribution in [1.29, 1.82) is 0 Å². The minimum atomic E-state index is -1.11. The summed E-state index contributed by atoms with van der Waals surface area (Å²) in [5.74, 6) is -5.27. The number of carbonyl (C=O) groups excluding carboxylic acids is 9. The fourth-order valence-corrected chi connectivity index (χ4v) is 5.69. The van der Waals surface area contributed by atoms with Gasteiger partial charge in [-0.2, -0.15) is 26.0 Å². The van der Waals surface area contributed by atoms with Gasteiger partial charge >= 0.3 is 0 Å². The largest absolute Gasteiger partial charge is 0.519 e. The number of nitrogens with zero attached hydrogens (tertiary/aromatic N) is 1. The first-order valence-corrected chi connectivity index (χ1v) is 17.9. The average Bonchev–Trinajstić information content (AvgIpc) is 3.63. The van der Waals surface area contributed by atoms with Crippen LogP contribution in [0, 0.1) is 6.92 Å². The zero-order valence-corrected chi connectivity index (χ0v) is 34.9. The van der Waals surface area contributed by atoms with E-state index in [1.165, 1.54) is 32.1 Å². The summed E-state index contributed by atoms with van der Waals surface area (Å²) in [7, 11) is 0. The molecule has 1 aliphatic rings. The van der Waals surface area contributed by atoms with Gasteiger partial charge in [-0.1, -0.05) is 30.3 Å². The Morgan fingerprint density at radius 1 is 0.887 bits per heavy atom. The summed E-state index contributed by atoms with van der Waals surface area (Å²) < 4.78 is 4.80. The van der Waals surface area contributed by atoms with Gasteiger partial charge in [0.05, 0.1) is 12.6 Å². The number of benzene rings is 1. The van der Waals surface area contributed by atoms with Crippen LogP contribution in [0.15, 0.2) is 30.3 Å². The summed E-state index contributed by atoms with van der Waals surface area (Å²) in [5, 5.41) is 12.5. The van der Waals surface area contributed by atoms with Crippen LogP contribution in [0.25, 0.3) is 0 Å². The summed E-state index contributed by atoms with van der Waals surface area (Å²) in [6.07, 6.45) is 2.29. The number of Topliss-reactive ketones (excluding diaryl/α,β-unsaturated/α-hetero) is 2. The van der Waals surface area contributed by atoms with Crippen molar-refractivity contribution in [3.05, 3.63) is 42.8 Å². The van der Waals surface area contributed by atoms with Gasteiger partial charge in [0.15, 0.2) is 5.78 Å². The first kappa shape index (κ1) is 49.6. The van der Waals surface area contributed by atoms with E-state index in [-0.39, 0.29) is 51.4 Å². The molecule has 0 spiro atoms. The van der Waals surface area contributed by atoms with Gasteiger partial charge in [0.2, 0.25) is 41.2 Å². The summed E-state index contributed by atoms with van der Waals surface area (Å²) >= 11 is 4.80. The number of hydrogen-bond acceptors (Lipinski definition) is 12. The molecule has 1 aromatic rings. The SMILES string of the molecule is CC(=O)C(=O)[C@H](C)NC(=O)[C@H](C)NC(=O)[C@H](C)NC(=O)[C@@H]1CCCN1C(=O)C(Cc1ccccc1)NC(=O)CNC(=O)[C@H](CS)NSN[C-]=O.[CH2-]C.[Y]. The number of hydrogen-bond donors (Lipinski definition) is 8. The smallest absolute Gasteiger partial charge is 0.246 e. The molecule has 1 heterocycles. The first-order chi connectivity index (χ1) is 24.7. The van der Waals surface area contributed by atoms with E-state index in [2.05, 4.69) is 55.6 Å². The number of amides is 7. The molecule has 20 heteroatoms. The van der Waals surface area contributed by atoms with Crippen LogP contribution >= 0.6 is 24.8 Å². The molecule has 0 aromatic heterocycles. The van der Waals surface area contributed by atoms with Crippen molar-refractivity contribution in [2.75, 3.05) is 18.8 Å². The number of rotatable bonds is 20. The Bertz CT molecular complexity index is 1430. The summed E-state index contributed by atoms with van der Waals surface area (Å²) in [5.41, 5.74) is 0.731. The molecule has 1 saturated heterocycles. The van der Waals surface area contributed by atoms with Crippen molar-refractivity contribution in [3.8, 4) is 0 Å². The molecule has 1 fully saturated rings. The number of ketones is 2. The molecule has 2 rings (SSSR count). The van der Waals surface area contributed by atoms with Gasteiger partial charge in [0.25, 0.3) is 0 Å². The molecule has 291 valence electrons. The average molecular weight is 854 g/mol. The third kappa shape index (κ3) is 17.1. The summed E-state index contributed by atoms with van der Waals surface area (Å²) in [4.78, 5) is 113. The van der Waals surface area contributed by atoms with Crippen molar-refractivity contribution < 1.29 is 75.9 Å². The quantitative estimate of drug-likeness (QED) is 0.0186. The Morgan fingerprint density at radius 2 is 1.47 bits per heavy atom. The van der Waals surface area contributed by atoms with E-state index in [4.69, 9.17) is 0 Å². The molecule has 7 amide bonds. The van der Waals surface area contributed by atoms with Crippen LogP contribution in [0.1, 0.15) is 53.0 Å². The number of thiol groups is 1. The molecule has 1 radical (unpaired) electrons. The summed E-state index contributed by atoms with van der Waals surface area (Å²) in [6.45, 7) is 9.94. The van der Waals surface area contributed by atoms with E-state index < -0.39 is 89.8 Å². The van der Waals surface area contributed by atoms with Crippen LogP contribution in [0.5, 0.6) is 0 Å². The maximum atomic E-state index is 13.9. The topological polar surface area (TPSA) is 241 Å². The molecule has 1 aliphatic heterocycles.